The normalized spacial score (nSPS) is 21.3. The summed E-state index contributed by atoms with van der Waals surface area (Å²) in [7, 11) is 2.99. The van der Waals surface area contributed by atoms with Gasteiger partial charge in [0.05, 0.1) is 12.5 Å². The van der Waals surface area contributed by atoms with Crippen LogP contribution in [0.1, 0.15) is 18.4 Å². The molecule has 32 heavy (non-hydrogen) atoms. The number of piperazine rings is 1. The predicted octanol–water partition coefficient (Wildman–Crippen LogP) is 2.71. The highest BCUT2D eigenvalue weighted by atomic mass is 35.5. The lowest BCUT2D eigenvalue weighted by Gasteiger charge is -2.38. The van der Waals surface area contributed by atoms with Crippen LogP contribution in [0.2, 0.25) is 5.02 Å². The number of nitrogens with zero attached hydrogens (tertiary/aromatic N) is 3. The second-order valence-electron chi connectivity index (χ2n) is 8.24. The van der Waals surface area contributed by atoms with Crippen molar-refractivity contribution in [2.45, 2.75) is 18.3 Å². The molecule has 0 saturated carbocycles. The molecule has 2 aromatic rings. The Kier molecular flexibility index (Phi) is 6.11. The second-order valence-corrected chi connectivity index (χ2v) is 8.68. The first kappa shape index (κ1) is 22.1. The third-order valence-corrected chi connectivity index (χ3v) is 6.66. The van der Waals surface area contributed by atoms with E-state index in [4.69, 9.17) is 16.3 Å². The van der Waals surface area contributed by atoms with E-state index in [1.165, 1.54) is 14.2 Å². The lowest BCUT2D eigenvalue weighted by atomic mass is 9.75. The first-order valence-electron chi connectivity index (χ1n) is 10.6. The number of methoxy groups -OCH3 is 1. The van der Waals surface area contributed by atoms with E-state index in [0.29, 0.717) is 42.5 Å². The molecule has 2 saturated heterocycles. The van der Waals surface area contributed by atoms with Crippen molar-refractivity contribution in [3.63, 3.8) is 0 Å². The van der Waals surface area contributed by atoms with Gasteiger partial charge < -0.3 is 14.5 Å². The molecule has 8 heteroatoms. The van der Waals surface area contributed by atoms with Crippen LogP contribution in [0.25, 0.3) is 0 Å². The fourth-order valence-electron chi connectivity index (χ4n) is 4.63. The van der Waals surface area contributed by atoms with Gasteiger partial charge in [0.1, 0.15) is 5.75 Å². The van der Waals surface area contributed by atoms with Gasteiger partial charge in [-0.25, -0.2) is 0 Å². The highest BCUT2D eigenvalue weighted by Crippen LogP contribution is 2.43. The lowest BCUT2D eigenvalue weighted by Crippen LogP contribution is -2.51. The van der Waals surface area contributed by atoms with Gasteiger partial charge in [-0.2, -0.15) is 0 Å². The van der Waals surface area contributed by atoms with Crippen LogP contribution in [0.4, 0.5) is 5.69 Å². The number of anilines is 1. The van der Waals surface area contributed by atoms with E-state index >= 15 is 0 Å². The van der Waals surface area contributed by atoms with Crippen LogP contribution in [0.3, 0.4) is 0 Å². The molecule has 2 aliphatic rings. The third kappa shape index (κ3) is 3.93. The number of likely N-dealkylation sites (tertiary alicyclic amines) is 1. The second kappa shape index (κ2) is 8.82. The number of halogens is 1. The standard InChI is InChI=1S/C24H26ClN3O4/c1-26-21(29)15-24(23(26)31,19-8-3-4-9-20(19)32-2)16-22(30)28-12-10-27(11-13-28)18-7-5-6-17(25)14-18/h3-9,14H,10-13,15-16H2,1-2H3. The van der Waals surface area contributed by atoms with Crippen molar-refractivity contribution in [3.8, 4) is 5.75 Å². The summed E-state index contributed by atoms with van der Waals surface area (Å²) >= 11 is 6.11. The third-order valence-electron chi connectivity index (χ3n) is 6.42. The van der Waals surface area contributed by atoms with E-state index in [9.17, 15) is 14.4 Å². The molecule has 2 aliphatic heterocycles. The summed E-state index contributed by atoms with van der Waals surface area (Å²) in [5.74, 6) is -0.293. The maximum Gasteiger partial charge on any atom is 0.240 e. The molecule has 0 spiro atoms. The van der Waals surface area contributed by atoms with Gasteiger partial charge >= 0.3 is 0 Å². The Labute approximate surface area is 192 Å². The highest BCUT2D eigenvalue weighted by Gasteiger charge is 2.54. The van der Waals surface area contributed by atoms with Gasteiger partial charge in [-0.05, 0) is 24.3 Å². The molecule has 7 nitrogen and oxygen atoms in total. The topological polar surface area (TPSA) is 70.2 Å². The van der Waals surface area contributed by atoms with Crippen molar-refractivity contribution in [2.24, 2.45) is 0 Å². The fraction of sp³-hybridized carbons (Fsp3) is 0.375. The van der Waals surface area contributed by atoms with Gasteiger partial charge in [0.15, 0.2) is 0 Å². The Morgan fingerprint density at radius 1 is 1.06 bits per heavy atom. The molecule has 168 valence electrons. The van der Waals surface area contributed by atoms with Crippen LogP contribution in [0, 0.1) is 0 Å². The van der Waals surface area contributed by atoms with Crippen molar-refractivity contribution >= 4 is 35.0 Å². The number of carbonyl (C=O) groups is 3. The van der Waals surface area contributed by atoms with Gasteiger partial charge in [0.25, 0.3) is 0 Å². The highest BCUT2D eigenvalue weighted by molar-refractivity contribution is 6.30. The number of benzene rings is 2. The number of para-hydroxylation sites is 1. The Bertz CT molecular complexity index is 1050. The summed E-state index contributed by atoms with van der Waals surface area (Å²) in [6.45, 7) is 2.40. The maximum atomic E-state index is 13.4. The summed E-state index contributed by atoms with van der Waals surface area (Å²) in [6, 6.07) is 14.8. The smallest absolute Gasteiger partial charge is 0.240 e. The zero-order valence-corrected chi connectivity index (χ0v) is 19.0. The number of hydrogen-bond donors (Lipinski definition) is 0. The summed E-state index contributed by atoms with van der Waals surface area (Å²) in [5, 5.41) is 0.674. The Morgan fingerprint density at radius 2 is 1.78 bits per heavy atom. The molecule has 3 amide bonds. The van der Waals surface area contributed by atoms with Crippen LogP contribution in [-0.4, -0.2) is 67.9 Å². The van der Waals surface area contributed by atoms with Crippen molar-refractivity contribution in [3.05, 3.63) is 59.1 Å². The summed E-state index contributed by atoms with van der Waals surface area (Å²) in [4.78, 5) is 44.2. The minimum absolute atomic E-state index is 0.0447. The van der Waals surface area contributed by atoms with Gasteiger partial charge in [0.2, 0.25) is 17.7 Å². The van der Waals surface area contributed by atoms with E-state index in [1.54, 1.807) is 29.2 Å². The van der Waals surface area contributed by atoms with Crippen LogP contribution in [0.5, 0.6) is 5.75 Å². The molecular weight excluding hydrogens is 430 g/mol. The SMILES string of the molecule is COc1ccccc1C1(CC(=O)N2CCN(c3cccc(Cl)c3)CC2)CC(=O)N(C)C1=O. The molecular formula is C24H26ClN3O4. The van der Waals surface area contributed by atoms with Crippen LogP contribution >= 0.6 is 11.6 Å². The molecule has 0 radical (unpaired) electrons. The molecule has 0 aliphatic carbocycles. The van der Waals surface area contributed by atoms with E-state index in [0.717, 1.165) is 10.6 Å². The molecule has 4 rings (SSSR count). The minimum atomic E-state index is -1.25. The Hall–Kier alpha value is -3.06. The Balaban J connectivity index is 1.54. The average molecular weight is 456 g/mol. The average Bonchev–Trinajstić information content (AvgIpc) is 3.03. The summed E-state index contributed by atoms with van der Waals surface area (Å²) in [6.07, 6.45) is -0.115. The molecule has 1 unspecified atom stereocenters. The molecule has 0 aromatic heterocycles. The molecule has 2 aromatic carbocycles. The van der Waals surface area contributed by atoms with Crippen LogP contribution in [-0.2, 0) is 19.8 Å². The number of carbonyl (C=O) groups excluding carboxylic acids is 3. The van der Waals surface area contributed by atoms with Crippen molar-refractivity contribution in [2.75, 3.05) is 45.2 Å². The lowest BCUT2D eigenvalue weighted by molar-refractivity contribution is -0.141. The van der Waals surface area contributed by atoms with Crippen molar-refractivity contribution in [1.29, 1.82) is 0 Å². The van der Waals surface area contributed by atoms with Crippen LogP contribution < -0.4 is 9.64 Å². The van der Waals surface area contributed by atoms with E-state index in [1.807, 2.05) is 24.3 Å². The number of imide groups is 1. The number of amides is 3. The largest absolute Gasteiger partial charge is 0.496 e. The minimum Gasteiger partial charge on any atom is -0.496 e. The zero-order valence-electron chi connectivity index (χ0n) is 18.2. The van der Waals surface area contributed by atoms with Gasteiger partial charge in [-0.15, -0.1) is 0 Å². The van der Waals surface area contributed by atoms with E-state index in [-0.39, 0.29) is 30.6 Å². The van der Waals surface area contributed by atoms with E-state index in [2.05, 4.69) is 4.90 Å². The summed E-state index contributed by atoms with van der Waals surface area (Å²) in [5.41, 5.74) is 0.351. The number of likely N-dealkylation sites (N-methyl/N-ethyl adjacent to an activating group) is 1. The number of rotatable bonds is 5. The number of ether oxygens (including phenoxy) is 1. The van der Waals surface area contributed by atoms with Gasteiger partial charge in [-0.3, -0.25) is 19.3 Å². The van der Waals surface area contributed by atoms with Gasteiger partial charge in [-0.1, -0.05) is 35.9 Å². The van der Waals surface area contributed by atoms with Crippen molar-refractivity contribution in [1.82, 2.24) is 9.80 Å². The fourth-order valence-corrected chi connectivity index (χ4v) is 4.81. The first-order chi connectivity index (χ1) is 15.4. The number of hydrogen-bond acceptors (Lipinski definition) is 5. The first-order valence-corrected chi connectivity index (χ1v) is 11.0. The Morgan fingerprint density at radius 3 is 2.41 bits per heavy atom. The quantitative estimate of drug-likeness (QED) is 0.648. The molecule has 0 N–H and O–H groups in total. The van der Waals surface area contributed by atoms with Crippen LogP contribution in [0.15, 0.2) is 48.5 Å². The maximum absolute atomic E-state index is 13.4. The van der Waals surface area contributed by atoms with E-state index < -0.39 is 5.41 Å². The molecule has 0 bridgehead atoms. The predicted molar refractivity (Wildman–Crippen MR) is 122 cm³/mol. The van der Waals surface area contributed by atoms with Gasteiger partial charge in [0, 0.05) is 62.3 Å². The summed E-state index contributed by atoms with van der Waals surface area (Å²) < 4.78 is 5.48. The van der Waals surface area contributed by atoms with Crippen molar-refractivity contribution < 1.29 is 19.1 Å². The monoisotopic (exact) mass is 455 g/mol. The molecule has 2 fully saturated rings. The molecule has 2 heterocycles. The molecule has 1 atom stereocenters. The zero-order chi connectivity index (χ0) is 22.9.